The maximum Gasteiger partial charge on any atom is 0.189 e. The quantitative estimate of drug-likeness (QED) is 0.0325. The summed E-state index contributed by atoms with van der Waals surface area (Å²) in [6, 6.07) is 14.5. The molecule has 0 saturated heterocycles. The number of unbranched alkanes of at least 4 members (excludes halogenated alkanes) is 28. The number of ether oxygens (including phenoxy) is 2. The van der Waals surface area contributed by atoms with Crippen LogP contribution in [-0.4, -0.2) is 24.1 Å². The highest BCUT2D eigenvalue weighted by Crippen LogP contribution is 2.21. The first-order valence-corrected chi connectivity index (χ1v) is 22.5. The number of hydrogen-bond acceptors (Lipinski definition) is 4. The van der Waals surface area contributed by atoms with Crippen molar-refractivity contribution in [3.63, 3.8) is 0 Å². The molecule has 0 fully saturated rings. The van der Waals surface area contributed by atoms with Gasteiger partial charge in [-0.05, 0) is 61.4 Å². The average molecular weight is 733 g/mol. The third-order valence-electron chi connectivity index (χ3n) is 10.6. The van der Waals surface area contributed by atoms with E-state index in [1.807, 2.05) is 24.3 Å². The molecule has 2 aromatic carbocycles. The van der Waals surface area contributed by atoms with Crippen LogP contribution < -0.4 is 9.47 Å². The van der Waals surface area contributed by atoms with Crippen molar-refractivity contribution in [1.29, 1.82) is 0 Å². The third kappa shape index (κ3) is 25.8. The highest BCUT2D eigenvalue weighted by atomic mass is 16.5. The van der Waals surface area contributed by atoms with Gasteiger partial charge < -0.3 is 14.6 Å². The zero-order valence-electron chi connectivity index (χ0n) is 34.5. The van der Waals surface area contributed by atoms with Gasteiger partial charge in [0.2, 0.25) is 0 Å². The van der Waals surface area contributed by atoms with Crippen LogP contribution in [0.5, 0.6) is 11.5 Å². The Balaban J connectivity index is 1.47. The van der Waals surface area contributed by atoms with Crippen LogP contribution >= 0.6 is 0 Å². The van der Waals surface area contributed by atoms with E-state index < -0.39 is 0 Å². The number of carbonyl (C=O) groups is 1. The highest BCUT2D eigenvalue weighted by molar-refractivity contribution is 6.07. The minimum atomic E-state index is -0.232. The lowest BCUT2D eigenvalue weighted by atomic mass is 10.0. The Labute approximate surface area is 326 Å². The van der Waals surface area contributed by atoms with E-state index in [1.165, 1.54) is 186 Å². The number of benzene rings is 2. The summed E-state index contributed by atoms with van der Waals surface area (Å²) in [7, 11) is 0. The van der Waals surface area contributed by atoms with E-state index in [-0.39, 0.29) is 11.5 Å². The maximum absolute atomic E-state index is 12.8. The van der Waals surface area contributed by atoms with Crippen LogP contribution in [0.4, 0.5) is 0 Å². The van der Waals surface area contributed by atoms with Crippen molar-refractivity contribution >= 4 is 11.5 Å². The molecule has 1 N–H and O–H groups in total. The fourth-order valence-corrected chi connectivity index (χ4v) is 7.05. The van der Waals surface area contributed by atoms with E-state index in [4.69, 9.17) is 9.47 Å². The zero-order chi connectivity index (χ0) is 37.9. The first kappa shape index (κ1) is 46.4. The second-order valence-electron chi connectivity index (χ2n) is 15.5. The summed E-state index contributed by atoms with van der Waals surface area (Å²) in [6.45, 7) is 5.97. The molecular weight excluding hydrogens is 653 g/mol. The van der Waals surface area contributed by atoms with Crippen molar-refractivity contribution in [3.05, 3.63) is 65.7 Å². The smallest absolute Gasteiger partial charge is 0.189 e. The Morgan fingerprint density at radius 1 is 0.415 bits per heavy atom. The number of ketones is 1. The van der Waals surface area contributed by atoms with E-state index in [2.05, 4.69) is 13.8 Å². The van der Waals surface area contributed by atoms with Gasteiger partial charge >= 0.3 is 0 Å². The molecule has 0 aliphatic rings. The van der Waals surface area contributed by atoms with Gasteiger partial charge in [-0.1, -0.05) is 194 Å². The lowest BCUT2D eigenvalue weighted by Gasteiger charge is -2.08. The molecule has 2 aromatic rings. The largest absolute Gasteiger partial charge is 0.507 e. The molecular formula is C49H80O4. The second kappa shape index (κ2) is 33.8. The first-order valence-electron chi connectivity index (χ1n) is 22.5. The van der Waals surface area contributed by atoms with Gasteiger partial charge in [0.25, 0.3) is 0 Å². The summed E-state index contributed by atoms with van der Waals surface area (Å²) in [5, 5.41) is 10.6. The minimum absolute atomic E-state index is 0.0440. The van der Waals surface area contributed by atoms with Gasteiger partial charge in [0, 0.05) is 17.2 Å². The van der Waals surface area contributed by atoms with Crippen molar-refractivity contribution in [2.24, 2.45) is 0 Å². The summed E-state index contributed by atoms with van der Waals surface area (Å²) in [6.07, 6.45) is 41.8. The Hall–Kier alpha value is -2.75. The van der Waals surface area contributed by atoms with Gasteiger partial charge in [-0.25, -0.2) is 0 Å². The molecule has 0 radical (unpaired) electrons. The third-order valence-corrected chi connectivity index (χ3v) is 10.6. The van der Waals surface area contributed by atoms with Crippen LogP contribution in [0.15, 0.2) is 54.6 Å². The molecule has 0 bridgehead atoms. The van der Waals surface area contributed by atoms with E-state index in [0.717, 1.165) is 24.3 Å². The Morgan fingerprint density at radius 2 is 0.679 bits per heavy atom. The molecule has 2 rings (SSSR count). The molecule has 0 atom stereocenters. The zero-order valence-corrected chi connectivity index (χ0v) is 34.5. The lowest BCUT2D eigenvalue weighted by molar-refractivity contribution is 0.104. The fraction of sp³-hybridized carbons (Fsp3) is 0.694. The predicted molar refractivity (Wildman–Crippen MR) is 229 cm³/mol. The molecule has 0 spiro atoms. The summed E-state index contributed by atoms with van der Waals surface area (Å²) in [4.78, 5) is 12.8. The van der Waals surface area contributed by atoms with Crippen molar-refractivity contribution < 1.29 is 19.4 Å². The van der Waals surface area contributed by atoms with Crippen LogP contribution in [0.25, 0.3) is 5.76 Å². The topological polar surface area (TPSA) is 55.8 Å². The van der Waals surface area contributed by atoms with Gasteiger partial charge in [-0.3, -0.25) is 4.79 Å². The van der Waals surface area contributed by atoms with Crippen molar-refractivity contribution in [1.82, 2.24) is 0 Å². The molecule has 0 saturated carbocycles. The molecule has 0 aliphatic heterocycles. The first-order chi connectivity index (χ1) is 26.1. The molecule has 300 valence electrons. The maximum atomic E-state index is 12.8. The molecule has 0 unspecified atom stereocenters. The average Bonchev–Trinajstić information content (AvgIpc) is 3.18. The molecule has 0 aliphatic carbocycles. The number of rotatable bonds is 37. The normalized spacial score (nSPS) is 11.6. The number of carbonyl (C=O) groups excluding carboxylic acids is 1. The molecule has 0 amide bonds. The molecule has 4 heteroatoms. The molecule has 0 aromatic heterocycles. The number of hydrogen-bond donors (Lipinski definition) is 1. The van der Waals surface area contributed by atoms with E-state index in [9.17, 15) is 9.90 Å². The van der Waals surface area contributed by atoms with Crippen molar-refractivity contribution in [2.45, 2.75) is 206 Å². The highest BCUT2D eigenvalue weighted by Gasteiger charge is 2.08. The summed E-state index contributed by atoms with van der Waals surface area (Å²) in [5.74, 6) is 1.29. The van der Waals surface area contributed by atoms with Crippen LogP contribution in [0, 0.1) is 0 Å². The van der Waals surface area contributed by atoms with Crippen molar-refractivity contribution in [3.8, 4) is 11.5 Å². The number of aliphatic hydroxyl groups is 1. The Kier molecular flexibility index (Phi) is 29.6. The second-order valence-corrected chi connectivity index (χ2v) is 15.5. The number of allylic oxidation sites excluding steroid dienone is 1. The summed E-state index contributed by atoms with van der Waals surface area (Å²) in [5.41, 5.74) is 1.13. The lowest BCUT2D eigenvalue weighted by Crippen LogP contribution is -2.00. The van der Waals surface area contributed by atoms with Gasteiger partial charge in [-0.15, -0.1) is 0 Å². The number of aliphatic hydroxyl groups excluding tert-OH is 1. The van der Waals surface area contributed by atoms with E-state index >= 15 is 0 Å². The summed E-state index contributed by atoms with van der Waals surface area (Å²) < 4.78 is 11.8. The van der Waals surface area contributed by atoms with Crippen LogP contribution in [-0.2, 0) is 0 Å². The van der Waals surface area contributed by atoms with Crippen LogP contribution in [0.3, 0.4) is 0 Å². The molecule has 53 heavy (non-hydrogen) atoms. The van der Waals surface area contributed by atoms with Crippen molar-refractivity contribution in [2.75, 3.05) is 13.2 Å². The predicted octanol–water partition coefficient (Wildman–Crippen LogP) is 16.0. The molecule has 4 nitrogen and oxygen atoms in total. The minimum Gasteiger partial charge on any atom is -0.507 e. The monoisotopic (exact) mass is 733 g/mol. The van der Waals surface area contributed by atoms with Gasteiger partial charge in [0.15, 0.2) is 5.78 Å². The van der Waals surface area contributed by atoms with Crippen LogP contribution in [0.1, 0.15) is 222 Å². The molecule has 0 heterocycles. The summed E-state index contributed by atoms with van der Waals surface area (Å²) >= 11 is 0. The SMILES string of the molecule is CCCCCCCCCCCCCCCCCCOc1ccc(/C(O)=C/C(=O)c2ccc(OCCCCCCCCCCCCCCCC)cc2)cc1. The Bertz CT molecular complexity index is 1140. The van der Waals surface area contributed by atoms with Gasteiger partial charge in [-0.2, -0.15) is 0 Å². The standard InChI is InChI=1S/C49H80O4/c1-3-5-7-9-11-13-15-17-19-20-22-24-26-28-30-32-42-53-47-39-35-45(36-40-47)49(51)43-48(50)44-33-37-46(38-34-44)52-41-31-29-27-25-23-21-18-16-14-12-10-8-6-4-2/h33-40,43,51H,3-32,41-42H2,1-2H3/b49-43-. The fourth-order valence-electron chi connectivity index (χ4n) is 7.05. The van der Waals surface area contributed by atoms with Gasteiger partial charge in [0.1, 0.15) is 17.3 Å². The van der Waals surface area contributed by atoms with E-state index in [1.54, 1.807) is 24.3 Å². The Morgan fingerprint density at radius 3 is 0.981 bits per heavy atom. The van der Waals surface area contributed by atoms with Gasteiger partial charge in [0.05, 0.1) is 13.2 Å². The van der Waals surface area contributed by atoms with E-state index in [0.29, 0.717) is 24.3 Å². The van der Waals surface area contributed by atoms with Crippen LogP contribution in [0.2, 0.25) is 0 Å².